The standard InChI is InChI=1S/C25H26Cl2N2O4/c1-2-31-18-6-8-19(9-7-18)32-17-20-10-11-24(33-20)25(30)29-14-12-28(13-15-29)16-21-22(26)4-3-5-23(21)27/h3-11H,2,12-17H2,1H3. The molecule has 0 bridgehead atoms. The maximum absolute atomic E-state index is 12.9. The second-order valence-electron chi connectivity index (χ2n) is 7.73. The summed E-state index contributed by atoms with van der Waals surface area (Å²) in [5.41, 5.74) is 0.920. The van der Waals surface area contributed by atoms with Crippen LogP contribution in [0.2, 0.25) is 10.0 Å². The van der Waals surface area contributed by atoms with Crippen LogP contribution in [-0.4, -0.2) is 48.5 Å². The monoisotopic (exact) mass is 488 g/mol. The molecule has 33 heavy (non-hydrogen) atoms. The summed E-state index contributed by atoms with van der Waals surface area (Å²) < 4.78 is 16.9. The van der Waals surface area contributed by atoms with Crippen molar-refractivity contribution in [3.8, 4) is 11.5 Å². The molecule has 3 aromatic rings. The van der Waals surface area contributed by atoms with Crippen LogP contribution in [0.4, 0.5) is 0 Å². The van der Waals surface area contributed by atoms with Crippen molar-refractivity contribution in [2.45, 2.75) is 20.1 Å². The third kappa shape index (κ3) is 6.02. The Morgan fingerprint density at radius 1 is 0.909 bits per heavy atom. The van der Waals surface area contributed by atoms with Crippen LogP contribution < -0.4 is 9.47 Å². The predicted molar refractivity (Wildman–Crippen MR) is 128 cm³/mol. The number of rotatable bonds is 8. The Labute approximate surface area is 203 Å². The molecule has 174 valence electrons. The number of halogens is 2. The number of benzene rings is 2. The zero-order valence-corrected chi connectivity index (χ0v) is 19.9. The van der Waals surface area contributed by atoms with Gasteiger partial charge in [-0.1, -0.05) is 29.3 Å². The van der Waals surface area contributed by atoms with Crippen LogP contribution in [-0.2, 0) is 13.2 Å². The molecular formula is C25H26Cl2N2O4. The fraction of sp³-hybridized carbons (Fsp3) is 0.320. The Hall–Kier alpha value is -2.67. The summed E-state index contributed by atoms with van der Waals surface area (Å²) in [4.78, 5) is 16.9. The van der Waals surface area contributed by atoms with Crippen LogP contribution in [0.15, 0.2) is 59.0 Å². The van der Waals surface area contributed by atoms with Crippen LogP contribution in [0, 0.1) is 0 Å². The number of ether oxygens (including phenoxy) is 2. The van der Waals surface area contributed by atoms with Crippen LogP contribution >= 0.6 is 23.2 Å². The highest BCUT2D eigenvalue weighted by molar-refractivity contribution is 6.35. The Morgan fingerprint density at radius 3 is 2.18 bits per heavy atom. The number of piperazine rings is 1. The van der Waals surface area contributed by atoms with Gasteiger partial charge >= 0.3 is 0 Å². The van der Waals surface area contributed by atoms with E-state index in [2.05, 4.69) is 4.90 Å². The van der Waals surface area contributed by atoms with Gasteiger partial charge in [-0.2, -0.15) is 0 Å². The number of hydrogen-bond acceptors (Lipinski definition) is 5. The highest BCUT2D eigenvalue weighted by atomic mass is 35.5. The molecule has 1 aliphatic heterocycles. The zero-order chi connectivity index (χ0) is 23.2. The molecule has 8 heteroatoms. The molecule has 2 aromatic carbocycles. The number of carbonyl (C=O) groups excluding carboxylic acids is 1. The highest BCUT2D eigenvalue weighted by Gasteiger charge is 2.25. The highest BCUT2D eigenvalue weighted by Crippen LogP contribution is 2.26. The molecule has 0 spiro atoms. The fourth-order valence-corrected chi connectivity index (χ4v) is 4.21. The maximum Gasteiger partial charge on any atom is 0.289 e. The molecule has 0 atom stereocenters. The molecule has 0 saturated carbocycles. The van der Waals surface area contributed by atoms with Gasteiger partial charge in [-0.15, -0.1) is 0 Å². The van der Waals surface area contributed by atoms with Crippen molar-refractivity contribution in [1.82, 2.24) is 9.80 Å². The van der Waals surface area contributed by atoms with E-state index in [0.717, 1.165) is 24.4 Å². The summed E-state index contributed by atoms with van der Waals surface area (Å²) in [7, 11) is 0. The van der Waals surface area contributed by atoms with E-state index in [0.29, 0.717) is 53.6 Å². The molecule has 1 amide bonds. The number of amides is 1. The molecular weight excluding hydrogens is 463 g/mol. The van der Waals surface area contributed by atoms with E-state index in [1.54, 1.807) is 17.0 Å². The minimum Gasteiger partial charge on any atom is -0.494 e. The summed E-state index contributed by atoms with van der Waals surface area (Å²) in [6.45, 7) is 6.16. The number of furan rings is 1. The first-order chi connectivity index (χ1) is 16.0. The van der Waals surface area contributed by atoms with Crippen molar-refractivity contribution in [2.24, 2.45) is 0 Å². The first-order valence-electron chi connectivity index (χ1n) is 10.9. The second-order valence-corrected chi connectivity index (χ2v) is 8.54. The quantitative estimate of drug-likeness (QED) is 0.417. The van der Waals surface area contributed by atoms with Crippen LogP contribution in [0.1, 0.15) is 28.8 Å². The number of hydrogen-bond donors (Lipinski definition) is 0. The van der Waals surface area contributed by atoms with Crippen LogP contribution in [0.25, 0.3) is 0 Å². The molecule has 0 N–H and O–H groups in total. The van der Waals surface area contributed by atoms with Crippen molar-refractivity contribution in [3.63, 3.8) is 0 Å². The zero-order valence-electron chi connectivity index (χ0n) is 18.4. The van der Waals surface area contributed by atoms with Gasteiger partial charge in [-0.25, -0.2) is 0 Å². The van der Waals surface area contributed by atoms with Crippen molar-refractivity contribution in [2.75, 3.05) is 32.8 Å². The van der Waals surface area contributed by atoms with E-state index in [1.165, 1.54) is 0 Å². The average molecular weight is 489 g/mol. The first-order valence-corrected chi connectivity index (χ1v) is 11.7. The summed E-state index contributed by atoms with van der Waals surface area (Å²) >= 11 is 12.6. The third-order valence-electron chi connectivity index (χ3n) is 5.49. The van der Waals surface area contributed by atoms with Crippen molar-refractivity contribution in [1.29, 1.82) is 0 Å². The Bertz CT molecular complexity index is 1060. The van der Waals surface area contributed by atoms with Crippen LogP contribution in [0.3, 0.4) is 0 Å². The fourth-order valence-electron chi connectivity index (χ4n) is 3.70. The van der Waals surface area contributed by atoms with Gasteiger partial charge in [0.1, 0.15) is 23.9 Å². The van der Waals surface area contributed by atoms with E-state index in [1.807, 2.05) is 49.4 Å². The van der Waals surface area contributed by atoms with Crippen molar-refractivity contribution >= 4 is 29.1 Å². The Balaban J connectivity index is 1.27. The molecule has 1 fully saturated rings. The van der Waals surface area contributed by atoms with E-state index in [4.69, 9.17) is 37.1 Å². The van der Waals surface area contributed by atoms with E-state index >= 15 is 0 Å². The molecule has 2 heterocycles. The minimum absolute atomic E-state index is 0.113. The minimum atomic E-state index is -0.113. The summed E-state index contributed by atoms with van der Waals surface area (Å²) in [6.07, 6.45) is 0. The molecule has 0 radical (unpaired) electrons. The lowest BCUT2D eigenvalue weighted by molar-refractivity contribution is 0.0594. The van der Waals surface area contributed by atoms with Gasteiger partial charge in [0.05, 0.1) is 6.61 Å². The lowest BCUT2D eigenvalue weighted by Crippen LogP contribution is -2.48. The maximum atomic E-state index is 12.9. The SMILES string of the molecule is CCOc1ccc(OCc2ccc(C(=O)N3CCN(Cc4c(Cl)cccc4Cl)CC3)o2)cc1. The summed E-state index contributed by atoms with van der Waals surface area (Å²) in [5.74, 6) is 2.31. The molecule has 4 rings (SSSR count). The first kappa shape index (κ1) is 23.5. The molecule has 0 unspecified atom stereocenters. The second kappa shape index (κ2) is 11.0. The van der Waals surface area contributed by atoms with Gasteiger partial charge in [0.2, 0.25) is 0 Å². The molecule has 1 aromatic heterocycles. The average Bonchev–Trinajstić information content (AvgIpc) is 3.30. The Morgan fingerprint density at radius 2 is 1.55 bits per heavy atom. The molecule has 6 nitrogen and oxygen atoms in total. The summed E-state index contributed by atoms with van der Waals surface area (Å²) in [5, 5.41) is 1.33. The molecule has 0 aliphatic carbocycles. The van der Waals surface area contributed by atoms with Gasteiger partial charge in [-0.05, 0) is 55.5 Å². The van der Waals surface area contributed by atoms with Gasteiger partial charge in [0.25, 0.3) is 5.91 Å². The van der Waals surface area contributed by atoms with Crippen LogP contribution in [0.5, 0.6) is 11.5 Å². The normalized spacial score (nSPS) is 14.3. The molecule has 1 aliphatic rings. The topological polar surface area (TPSA) is 55.2 Å². The number of nitrogens with zero attached hydrogens (tertiary/aromatic N) is 2. The van der Waals surface area contributed by atoms with E-state index < -0.39 is 0 Å². The van der Waals surface area contributed by atoms with E-state index in [9.17, 15) is 4.79 Å². The molecule has 1 saturated heterocycles. The van der Waals surface area contributed by atoms with Gasteiger partial charge in [0.15, 0.2) is 5.76 Å². The predicted octanol–water partition coefficient (Wildman–Crippen LogP) is 5.52. The van der Waals surface area contributed by atoms with E-state index in [-0.39, 0.29) is 12.5 Å². The lowest BCUT2D eigenvalue weighted by Gasteiger charge is -2.34. The van der Waals surface area contributed by atoms with Gasteiger partial charge < -0.3 is 18.8 Å². The number of carbonyl (C=O) groups is 1. The van der Waals surface area contributed by atoms with Crippen molar-refractivity contribution < 1.29 is 18.7 Å². The third-order valence-corrected chi connectivity index (χ3v) is 6.20. The smallest absolute Gasteiger partial charge is 0.289 e. The van der Waals surface area contributed by atoms with Gasteiger partial charge in [-0.3, -0.25) is 9.69 Å². The van der Waals surface area contributed by atoms with Gasteiger partial charge in [0, 0.05) is 48.3 Å². The van der Waals surface area contributed by atoms with Crippen molar-refractivity contribution in [3.05, 3.63) is 81.7 Å². The largest absolute Gasteiger partial charge is 0.494 e. The lowest BCUT2D eigenvalue weighted by atomic mass is 10.2. The Kier molecular flexibility index (Phi) is 7.81. The summed E-state index contributed by atoms with van der Waals surface area (Å²) in [6, 6.07) is 16.4.